The molecule has 14 heavy (non-hydrogen) atoms. The number of aromatic nitrogens is 1. The first-order valence-electron chi connectivity index (χ1n) is 4.43. The molecular formula is C10H12ClNO2. The van der Waals surface area contributed by atoms with Gasteiger partial charge < -0.3 is 5.11 Å². The zero-order chi connectivity index (χ0) is 10.6. The van der Waals surface area contributed by atoms with Crippen molar-refractivity contribution in [3.05, 3.63) is 29.0 Å². The standard InChI is InChI=1S/C10H12ClNO2/c1-7(10(13)14)4-5-8-3-2-6-12-9(8)11/h2-3,6-7H,4-5H2,1H3,(H,13,14). The van der Waals surface area contributed by atoms with Crippen LogP contribution in [0.5, 0.6) is 0 Å². The number of carboxylic acids is 1. The van der Waals surface area contributed by atoms with Crippen LogP contribution in [-0.4, -0.2) is 16.1 Å². The van der Waals surface area contributed by atoms with Gasteiger partial charge in [0.2, 0.25) is 0 Å². The molecule has 76 valence electrons. The molecule has 1 unspecified atom stereocenters. The Labute approximate surface area is 87.7 Å². The van der Waals surface area contributed by atoms with Crippen molar-refractivity contribution in [3.63, 3.8) is 0 Å². The van der Waals surface area contributed by atoms with E-state index in [2.05, 4.69) is 4.98 Å². The molecule has 0 aliphatic heterocycles. The smallest absolute Gasteiger partial charge is 0.306 e. The van der Waals surface area contributed by atoms with E-state index in [9.17, 15) is 4.79 Å². The van der Waals surface area contributed by atoms with Crippen LogP contribution in [0.25, 0.3) is 0 Å². The Morgan fingerprint density at radius 1 is 1.71 bits per heavy atom. The SMILES string of the molecule is CC(CCc1cccnc1Cl)C(=O)O. The number of aliphatic carboxylic acids is 1. The van der Waals surface area contributed by atoms with Gasteiger partial charge in [-0.05, 0) is 24.5 Å². The molecule has 1 aromatic heterocycles. The number of pyridine rings is 1. The lowest BCUT2D eigenvalue weighted by Crippen LogP contribution is -2.10. The van der Waals surface area contributed by atoms with Crippen LogP contribution in [0.15, 0.2) is 18.3 Å². The monoisotopic (exact) mass is 213 g/mol. The number of carboxylic acid groups (broad SMARTS) is 1. The van der Waals surface area contributed by atoms with E-state index >= 15 is 0 Å². The van der Waals surface area contributed by atoms with Crippen LogP contribution >= 0.6 is 11.6 Å². The van der Waals surface area contributed by atoms with Crippen LogP contribution in [0, 0.1) is 5.92 Å². The highest BCUT2D eigenvalue weighted by Gasteiger charge is 2.11. The van der Waals surface area contributed by atoms with Crippen molar-refractivity contribution in [2.24, 2.45) is 5.92 Å². The van der Waals surface area contributed by atoms with Gasteiger partial charge in [-0.25, -0.2) is 4.98 Å². The number of hydrogen-bond acceptors (Lipinski definition) is 2. The zero-order valence-corrected chi connectivity index (χ0v) is 8.66. The topological polar surface area (TPSA) is 50.2 Å². The minimum absolute atomic E-state index is 0.341. The molecule has 1 aromatic rings. The fraction of sp³-hybridized carbons (Fsp3) is 0.400. The van der Waals surface area contributed by atoms with Crippen molar-refractivity contribution in [3.8, 4) is 0 Å². The molecule has 1 heterocycles. The van der Waals surface area contributed by atoms with Gasteiger partial charge in [0.25, 0.3) is 0 Å². The highest BCUT2D eigenvalue weighted by Crippen LogP contribution is 2.16. The summed E-state index contributed by atoms with van der Waals surface area (Å²) in [5, 5.41) is 9.14. The maximum Gasteiger partial charge on any atom is 0.306 e. The molecule has 0 spiro atoms. The van der Waals surface area contributed by atoms with Crippen molar-refractivity contribution < 1.29 is 9.90 Å². The van der Waals surface area contributed by atoms with Crippen molar-refractivity contribution in [2.45, 2.75) is 19.8 Å². The first-order chi connectivity index (χ1) is 6.61. The van der Waals surface area contributed by atoms with Gasteiger partial charge >= 0.3 is 5.97 Å². The average molecular weight is 214 g/mol. The van der Waals surface area contributed by atoms with Crippen LogP contribution < -0.4 is 0 Å². The molecule has 0 saturated carbocycles. The van der Waals surface area contributed by atoms with E-state index in [1.54, 1.807) is 19.2 Å². The van der Waals surface area contributed by atoms with Crippen molar-refractivity contribution in [1.29, 1.82) is 0 Å². The molecule has 0 aliphatic rings. The number of halogens is 1. The maximum absolute atomic E-state index is 10.6. The van der Waals surface area contributed by atoms with E-state index in [0.29, 0.717) is 18.0 Å². The van der Waals surface area contributed by atoms with Gasteiger partial charge in [0.15, 0.2) is 0 Å². The molecule has 0 aliphatic carbocycles. The van der Waals surface area contributed by atoms with Gasteiger partial charge in [0.05, 0.1) is 5.92 Å². The Balaban J connectivity index is 2.54. The summed E-state index contributed by atoms with van der Waals surface area (Å²) in [5.41, 5.74) is 0.905. The minimum atomic E-state index is -0.773. The lowest BCUT2D eigenvalue weighted by atomic mass is 10.0. The van der Waals surface area contributed by atoms with Crippen molar-refractivity contribution in [2.75, 3.05) is 0 Å². The Hall–Kier alpha value is -1.09. The first kappa shape index (κ1) is 11.0. The molecular weight excluding hydrogens is 202 g/mol. The summed E-state index contributed by atoms with van der Waals surface area (Å²) in [7, 11) is 0. The Morgan fingerprint density at radius 3 is 3.00 bits per heavy atom. The quantitative estimate of drug-likeness (QED) is 0.782. The van der Waals surface area contributed by atoms with Crippen LogP contribution in [-0.2, 0) is 11.2 Å². The molecule has 0 fully saturated rings. The molecule has 1 rings (SSSR count). The van der Waals surface area contributed by atoms with E-state index in [1.165, 1.54) is 0 Å². The number of carbonyl (C=O) groups is 1. The fourth-order valence-electron chi connectivity index (χ4n) is 1.10. The summed E-state index contributed by atoms with van der Waals surface area (Å²) in [6.45, 7) is 1.69. The molecule has 0 bridgehead atoms. The lowest BCUT2D eigenvalue weighted by Gasteiger charge is -2.06. The van der Waals surface area contributed by atoms with E-state index in [0.717, 1.165) is 5.56 Å². The first-order valence-corrected chi connectivity index (χ1v) is 4.81. The van der Waals surface area contributed by atoms with Gasteiger partial charge in [-0.15, -0.1) is 0 Å². The second-order valence-electron chi connectivity index (χ2n) is 3.23. The van der Waals surface area contributed by atoms with E-state index in [4.69, 9.17) is 16.7 Å². The molecule has 1 atom stereocenters. The van der Waals surface area contributed by atoms with Crippen molar-refractivity contribution >= 4 is 17.6 Å². The summed E-state index contributed by atoms with van der Waals surface area (Å²) in [5.74, 6) is -1.11. The van der Waals surface area contributed by atoms with Gasteiger partial charge in [-0.2, -0.15) is 0 Å². The largest absolute Gasteiger partial charge is 0.481 e. The number of aryl methyl sites for hydroxylation is 1. The molecule has 0 aromatic carbocycles. The van der Waals surface area contributed by atoms with Crippen LogP contribution in [0.2, 0.25) is 5.15 Å². The summed E-state index contributed by atoms with van der Waals surface area (Å²) in [6.07, 6.45) is 2.85. The Bertz CT molecular complexity index is 328. The summed E-state index contributed by atoms with van der Waals surface area (Å²) in [6, 6.07) is 3.66. The lowest BCUT2D eigenvalue weighted by molar-refractivity contribution is -0.141. The van der Waals surface area contributed by atoms with Crippen LogP contribution in [0.3, 0.4) is 0 Å². The Morgan fingerprint density at radius 2 is 2.43 bits per heavy atom. The third-order valence-corrected chi connectivity index (χ3v) is 2.44. The zero-order valence-electron chi connectivity index (χ0n) is 7.90. The predicted octanol–water partition coefficient (Wildman–Crippen LogP) is 2.39. The Kier molecular flexibility index (Phi) is 3.89. The van der Waals surface area contributed by atoms with E-state index in [-0.39, 0.29) is 5.92 Å². The second-order valence-corrected chi connectivity index (χ2v) is 3.59. The van der Waals surface area contributed by atoms with E-state index < -0.39 is 5.97 Å². The highest BCUT2D eigenvalue weighted by molar-refractivity contribution is 6.30. The second kappa shape index (κ2) is 4.96. The van der Waals surface area contributed by atoms with Crippen molar-refractivity contribution in [1.82, 2.24) is 4.98 Å². The highest BCUT2D eigenvalue weighted by atomic mass is 35.5. The number of rotatable bonds is 4. The number of hydrogen-bond donors (Lipinski definition) is 1. The van der Waals surface area contributed by atoms with E-state index in [1.807, 2.05) is 6.07 Å². The third-order valence-electron chi connectivity index (χ3n) is 2.10. The van der Waals surface area contributed by atoms with Gasteiger partial charge in [0, 0.05) is 6.20 Å². The third kappa shape index (κ3) is 3.00. The average Bonchev–Trinajstić information content (AvgIpc) is 2.16. The number of nitrogens with zero attached hydrogens (tertiary/aromatic N) is 1. The summed E-state index contributed by atoms with van der Waals surface area (Å²) < 4.78 is 0. The minimum Gasteiger partial charge on any atom is -0.481 e. The summed E-state index contributed by atoms with van der Waals surface area (Å²) in [4.78, 5) is 14.5. The fourth-order valence-corrected chi connectivity index (χ4v) is 1.32. The molecule has 1 N–H and O–H groups in total. The molecule has 0 amide bonds. The predicted molar refractivity (Wildman–Crippen MR) is 54.4 cm³/mol. The molecule has 3 nitrogen and oxygen atoms in total. The maximum atomic E-state index is 10.6. The van der Waals surface area contributed by atoms with Gasteiger partial charge in [-0.3, -0.25) is 4.79 Å². The van der Waals surface area contributed by atoms with Gasteiger partial charge in [0.1, 0.15) is 5.15 Å². The normalized spacial score (nSPS) is 12.4. The van der Waals surface area contributed by atoms with Crippen LogP contribution in [0.1, 0.15) is 18.9 Å². The van der Waals surface area contributed by atoms with Crippen LogP contribution in [0.4, 0.5) is 0 Å². The van der Waals surface area contributed by atoms with Gasteiger partial charge in [-0.1, -0.05) is 24.6 Å². The summed E-state index contributed by atoms with van der Waals surface area (Å²) >= 11 is 5.83. The molecule has 0 radical (unpaired) electrons. The molecule has 0 saturated heterocycles. The molecule has 4 heteroatoms.